The number of nitrogens with one attached hydrogen (secondary N) is 1. The SMILES string of the molecule is CC1CC(O)(c2cccc3[nH]ccc23)CN1C. The van der Waals surface area contributed by atoms with Crippen molar-refractivity contribution in [3.05, 3.63) is 36.0 Å². The largest absolute Gasteiger partial charge is 0.384 e. The van der Waals surface area contributed by atoms with Gasteiger partial charge in [0.05, 0.1) is 0 Å². The standard InChI is InChI=1S/C14H18N2O/c1-10-8-14(17,9-16(10)2)12-4-3-5-13-11(12)6-7-15-13/h3-7,10,15,17H,8-9H2,1-2H3. The second-order valence-electron chi connectivity index (χ2n) is 5.24. The Labute approximate surface area is 101 Å². The van der Waals surface area contributed by atoms with Gasteiger partial charge in [-0.3, -0.25) is 0 Å². The van der Waals surface area contributed by atoms with Crippen molar-refractivity contribution in [1.82, 2.24) is 9.88 Å². The van der Waals surface area contributed by atoms with Crippen LogP contribution in [0.15, 0.2) is 30.5 Å². The number of hydrogen-bond acceptors (Lipinski definition) is 2. The van der Waals surface area contributed by atoms with Crippen LogP contribution in [0.4, 0.5) is 0 Å². The number of rotatable bonds is 1. The van der Waals surface area contributed by atoms with Crippen LogP contribution in [0.3, 0.4) is 0 Å². The van der Waals surface area contributed by atoms with Gasteiger partial charge in [-0.2, -0.15) is 0 Å². The minimum absolute atomic E-state index is 0.425. The fourth-order valence-corrected chi connectivity index (χ4v) is 2.96. The van der Waals surface area contributed by atoms with E-state index in [-0.39, 0.29) is 0 Å². The number of benzene rings is 1. The summed E-state index contributed by atoms with van der Waals surface area (Å²) in [5.74, 6) is 0. The summed E-state index contributed by atoms with van der Waals surface area (Å²) in [4.78, 5) is 5.41. The molecule has 1 aromatic heterocycles. The van der Waals surface area contributed by atoms with Crippen LogP contribution < -0.4 is 0 Å². The van der Waals surface area contributed by atoms with Gasteiger partial charge < -0.3 is 15.0 Å². The highest BCUT2D eigenvalue weighted by Crippen LogP contribution is 2.38. The number of H-pyrrole nitrogens is 1. The molecule has 1 aliphatic heterocycles. The van der Waals surface area contributed by atoms with E-state index in [9.17, 15) is 5.11 Å². The molecule has 2 unspecified atom stereocenters. The first-order valence-corrected chi connectivity index (χ1v) is 6.09. The molecule has 1 saturated heterocycles. The van der Waals surface area contributed by atoms with Crippen LogP contribution in [0.2, 0.25) is 0 Å². The van der Waals surface area contributed by atoms with E-state index in [1.807, 2.05) is 30.5 Å². The van der Waals surface area contributed by atoms with E-state index in [4.69, 9.17) is 0 Å². The van der Waals surface area contributed by atoms with Crippen LogP contribution in [-0.2, 0) is 5.60 Å². The lowest BCUT2D eigenvalue weighted by molar-refractivity contribution is 0.0501. The van der Waals surface area contributed by atoms with Crippen molar-refractivity contribution in [2.24, 2.45) is 0 Å². The van der Waals surface area contributed by atoms with Crippen molar-refractivity contribution in [2.45, 2.75) is 25.0 Å². The number of likely N-dealkylation sites (tertiary alicyclic amines) is 1. The van der Waals surface area contributed by atoms with E-state index in [1.54, 1.807) is 0 Å². The number of β-amino-alcohol motifs (C(OH)–C–C–N with tert-alkyl or cyclic N) is 1. The summed E-state index contributed by atoms with van der Waals surface area (Å²) in [6.45, 7) is 2.87. The lowest BCUT2D eigenvalue weighted by Gasteiger charge is -2.23. The van der Waals surface area contributed by atoms with Crippen LogP contribution in [0, 0.1) is 0 Å². The van der Waals surface area contributed by atoms with Crippen LogP contribution in [0.5, 0.6) is 0 Å². The molecule has 0 bridgehead atoms. The van der Waals surface area contributed by atoms with Crippen LogP contribution in [0.25, 0.3) is 10.9 Å². The third-order valence-corrected chi connectivity index (χ3v) is 3.99. The number of nitrogens with zero attached hydrogens (tertiary/aromatic N) is 1. The van der Waals surface area contributed by atoms with E-state index in [0.29, 0.717) is 12.6 Å². The molecule has 3 heteroatoms. The van der Waals surface area contributed by atoms with Gasteiger partial charge >= 0.3 is 0 Å². The normalized spacial score (nSPS) is 30.2. The highest BCUT2D eigenvalue weighted by atomic mass is 16.3. The molecule has 3 rings (SSSR count). The minimum Gasteiger partial charge on any atom is -0.384 e. The summed E-state index contributed by atoms with van der Waals surface area (Å²) in [5.41, 5.74) is 1.43. The Kier molecular flexibility index (Phi) is 2.28. The topological polar surface area (TPSA) is 39.3 Å². The fourth-order valence-electron chi connectivity index (χ4n) is 2.96. The van der Waals surface area contributed by atoms with Crippen molar-refractivity contribution in [2.75, 3.05) is 13.6 Å². The highest BCUT2D eigenvalue weighted by molar-refractivity contribution is 5.83. The van der Waals surface area contributed by atoms with Crippen molar-refractivity contribution in [1.29, 1.82) is 0 Å². The van der Waals surface area contributed by atoms with Crippen molar-refractivity contribution >= 4 is 10.9 Å². The van der Waals surface area contributed by atoms with Crippen LogP contribution in [-0.4, -0.2) is 34.6 Å². The van der Waals surface area contributed by atoms with Crippen molar-refractivity contribution < 1.29 is 5.11 Å². The molecular weight excluding hydrogens is 212 g/mol. The zero-order valence-electron chi connectivity index (χ0n) is 10.3. The second kappa shape index (κ2) is 3.59. The summed E-state index contributed by atoms with van der Waals surface area (Å²) >= 11 is 0. The summed E-state index contributed by atoms with van der Waals surface area (Å²) in [7, 11) is 2.07. The first kappa shape index (κ1) is 10.8. The summed E-state index contributed by atoms with van der Waals surface area (Å²) in [5, 5.41) is 12.0. The summed E-state index contributed by atoms with van der Waals surface area (Å²) in [6.07, 6.45) is 2.73. The molecule has 0 amide bonds. The summed E-state index contributed by atoms with van der Waals surface area (Å²) < 4.78 is 0. The van der Waals surface area contributed by atoms with Crippen LogP contribution >= 0.6 is 0 Å². The molecule has 0 saturated carbocycles. The van der Waals surface area contributed by atoms with E-state index in [1.165, 1.54) is 0 Å². The maximum Gasteiger partial charge on any atom is 0.104 e. The molecule has 17 heavy (non-hydrogen) atoms. The molecule has 90 valence electrons. The van der Waals surface area contributed by atoms with Gasteiger partial charge in [-0.1, -0.05) is 12.1 Å². The predicted molar refractivity (Wildman–Crippen MR) is 68.9 cm³/mol. The fraction of sp³-hybridized carbons (Fsp3) is 0.429. The maximum absolute atomic E-state index is 10.9. The number of likely N-dealkylation sites (N-methyl/N-ethyl adjacent to an activating group) is 1. The molecule has 3 nitrogen and oxygen atoms in total. The quantitative estimate of drug-likeness (QED) is 0.787. The molecule has 2 aromatic rings. The van der Waals surface area contributed by atoms with E-state index in [2.05, 4.69) is 23.9 Å². The molecule has 2 atom stereocenters. The Morgan fingerprint density at radius 3 is 2.94 bits per heavy atom. The third kappa shape index (κ3) is 1.58. The molecule has 1 aromatic carbocycles. The third-order valence-electron chi connectivity index (χ3n) is 3.99. The Hall–Kier alpha value is -1.32. The zero-order valence-corrected chi connectivity index (χ0v) is 10.3. The number of aromatic amines is 1. The average Bonchev–Trinajstić information content (AvgIpc) is 2.84. The van der Waals surface area contributed by atoms with Gasteiger partial charge in [-0.05, 0) is 38.1 Å². The van der Waals surface area contributed by atoms with Gasteiger partial charge in [-0.15, -0.1) is 0 Å². The molecule has 2 N–H and O–H groups in total. The predicted octanol–water partition coefficient (Wildman–Crippen LogP) is 2.08. The zero-order chi connectivity index (χ0) is 12.0. The molecule has 2 heterocycles. The first-order valence-electron chi connectivity index (χ1n) is 6.09. The molecule has 0 aliphatic carbocycles. The lowest BCUT2D eigenvalue weighted by atomic mass is 9.89. The number of hydrogen-bond donors (Lipinski definition) is 2. The van der Waals surface area contributed by atoms with Gasteiger partial charge in [0.25, 0.3) is 0 Å². The van der Waals surface area contributed by atoms with E-state index in [0.717, 1.165) is 22.9 Å². The lowest BCUT2D eigenvalue weighted by Crippen LogP contribution is -2.29. The highest BCUT2D eigenvalue weighted by Gasteiger charge is 2.41. The Morgan fingerprint density at radius 2 is 2.24 bits per heavy atom. The van der Waals surface area contributed by atoms with Crippen LogP contribution in [0.1, 0.15) is 18.9 Å². The minimum atomic E-state index is -0.712. The second-order valence-corrected chi connectivity index (χ2v) is 5.24. The van der Waals surface area contributed by atoms with Gasteiger partial charge in [0.1, 0.15) is 5.60 Å². The molecule has 0 radical (unpaired) electrons. The Morgan fingerprint density at radius 1 is 1.41 bits per heavy atom. The van der Waals surface area contributed by atoms with Gasteiger partial charge in [0, 0.05) is 29.7 Å². The van der Waals surface area contributed by atoms with Crippen molar-refractivity contribution in [3.8, 4) is 0 Å². The van der Waals surface area contributed by atoms with Gasteiger partial charge in [0.15, 0.2) is 0 Å². The Balaban J connectivity index is 2.12. The molecule has 1 aliphatic rings. The molecule has 1 fully saturated rings. The smallest absolute Gasteiger partial charge is 0.104 e. The van der Waals surface area contributed by atoms with Gasteiger partial charge in [0.2, 0.25) is 0 Å². The monoisotopic (exact) mass is 230 g/mol. The summed E-state index contributed by atoms with van der Waals surface area (Å²) in [6, 6.07) is 8.57. The average molecular weight is 230 g/mol. The maximum atomic E-state index is 10.9. The first-order chi connectivity index (χ1) is 8.10. The van der Waals surface area contributed by atoms with Crippen molar-refractivity contribution in [3.63, 3.8) is 0 Å². The number of fused-ring (bicyclic) bond motifs is 1. The van der Waals surface area contributed by atoms with Gasteiger partial charge in [-0.25, -0.2) is 0 Å². The van der Waals surface area contributed by atoms with E-state index < -0.39 is 5.60 Å². The number of aromatic nitrogens is 1. The van der Waals surface area contributed by atoms with E-state index >= 15 is 0 Å². The number of aliphatic hydroxyl groups is 1. The molecule has 0 spiro atoms. The molecular formula is C14H18N2O. The Bertz CT molecular complexity index is 536.